The molecule has 2 rings (SSSR count). The molecule has 1 N–H and O–H groups in total. The van der Waals surface area contributed by atoms with E-state index in [1.54, 1.807) is 27.7 Å². The Morgan fingerprint density at radius 1 is 1.00 bits per heavy atom. The van der Waals surface area contributed by atoms with Gasteiger partial charge >= 0.3 is 0 Å². The van der Waals surface area contributed by atoms with Crippen LogP contribution in [0.2, 0.25) is 0 Å². The second-order valence-electron chi connectivity index (χ2n) is 9.18. The van der Waals surface area contributed by atoms with E-state index in [2.05, 4.69) is 5.32 Å². The zero-order valence-electron chi connectivity index (χ0n) is 20.3. The van der Waals surface area contributed by atoms with E-state index in [0.29, 0.717) is 15.9 Å². The average molecular weight is 514 g/mol. The molecule has 0 radical (unpaired) electrons. The van der Waals surface area contributed by atoms with E-state index in [-0.39, 0.29) is 18.7 Å². The minimum atomic E-state index is -4.09. The van der Waals surface area contributed by atoms with Crippen LogP contribution in [0.25, 0.3) is 0 Å². The first kappa shape index (κ1) is 28.2. The molecule has 0 bridgehead atoms. The number of nitrogens with zero attached hydrogens (tertiary/aromatic N) is 2. The number of hydrogen-bond acceptors (Lipinski definition) is 4. The van der Waals surface area contributed by atoms with Crippen molar-refractivity contribution < 1.29 is 31.2 Å². The topological polar surface area (TPSA) is 86.8 Å². The van der Waals surface area contributed by atoms with Gasteiger partial charge in [0, 0.05) is 18.2 Å². The van der Waals surface area contributed by atoms with Gasteiger partial charge < -0.3 is 10.2 Å². The van der Waals surface area contributed by atoms with E-state index in [0.717, 1.165) is 18.4 Å². The van der Waals surface area contributed by atoms with Gasteiger partial charge in [-0.05, 0) is 57.0 Å². The highest BCUT2D eigenvalue weighted by molar-refractivity contribution is 7.92. The summed E-state index contributed by atoms with van der Waals surface area (Å²) in [5.41, 5.74) is -0.325. The minimum absolute atomic E-state index is 0.107. The summed E-state index contributed by atoms with van der Waals surface area (Å²) >= 11 is 0. The van der Waals surface area contributed by atoms with Crippen LogP contribution in [0.1, 0.15) is 39.7 Å². The van der Waals surface area contributed by atoms with E-state index < -0.39 is 57.4 Å². The van der Waals surface area contributed by atoms with E-state index in [1.165, 1.54) is 29.2 Å². The Morgan fingerprint density at radius 2 is 1.60 bits per heavy atom. The van der Waals surface area contributed by atoms with Crippen molar-refractivity contribution in [1.82, 2.24) is 10.2 Å². The van der Waals surface area contributed by atoms with Crippen molar-refractivity contribution >= 4 is 27.5 Å². The second kappa shape index (κ2) is 11.1. The second-order valence-corrected chi connectivity index (χ2v) is 11.1. The Balaban J connectivity index is 2.47. The maximum atomic E-state index is 13.8. The number of carbonyl (C=O) groups is 2. The van der Waals surface area contributed by atoms with Crippen LogP contribution in [0.3, 0.4) is 0 Å². The van der Waals surface area contributed by atoms with E-state index in [4.69, 9.17) is 0 Å². The van der Waals surface area contributed by atoms with Gasteiger partial charge in [0.25, 0.3) is 0 Å². The van der Waals surface area contributed by atoms with Crippen LogP contribution in [0.15, 0.2) is 42.5 Å². The van der Waals surface area contributed by atoms with Crippen LogP contribution in [0, 0.1) is 17.5 Å². The van der Waals surface area contributed by atoms with Crippen molar-refractivity contribution in [3.05, 3.63) is 65.5 Å². The Bertz CT molecular complexity index is 1170. The molecule has 7 nitrogen and oxygen atoms in total. The van der Waals surface area contributed by atoms with Crippen LogP contribution >= 0.6 is 0 Å². The number of carbonyl (C=O) groups excluding carboxylic acids is 2. The molecule has 2 aromatic rings. The molecule has 192 valence electrons. The normalized spacial score (nSPS) is 12.7. The summed E-state index contributed by atoms with van der Waals surface area (Å²) in [4.78, 5) is 27.7. The van der Waals surface area contributed by atoms with Gasteiger partial charge in [-0.25, -0.2) is 21.6 Å². The highest BCUT2D eigenvalue weighted by atomic mass is 32.2. The van der Waals surface area contributed by atoms with Crippen LogP contribution in [0.5, 0.6) is 0 Å². The fraction of sp³-hybridized carbons (Fsp3) is 0.417. The molecule has 0 aliphatic rings. The van der Waals surface area contributed by atoms with Crippen molar-refractivity contribution in [3.8, 4) is 0 Å². The summed E-state index contributed by atoms with van der Waals surface area (Å²) in [6.45, 7) is 6.16. The van der Waals surface area contributed by atoms with Gasteiger partial charge in [0.15, 0.2) is 11.6 Å². The molecule has 0 aliphatic carbocycles. The summed E-state index contributed by atoms with van der Waals surface area (Å²) in [6, 6.07) is 6.82. The number of amides is 2. The molecule has 35 heavy (non-hydrogen) atoms. The van der Waals surface area contributed by atoms with E-state index in [9.17, 15) is 31.2 Å². The number of nitrogens with one attached hydrogen (secondary N) is 1. The van der Waals surface area contributed by atoms with Gasteiger partial charge in [-0.1, -0.05) is 19.1 Å². The third-order valence-corrected chi connectivity index (χ3v) is 6.16. The molecular weight excluding hydrogens is 483 g/mol. The van der Waals surface area contributed by atoms with Crippen molar-refractivity contribution in [2.45, 2.75) is 52.2 Å². The molecule has 2 amide bonds. The molecule has 0 fully saturated rings. The Hall–Kier alpha value is -3.08. The standard InChI is InChI=1S/C24H30F3N3O4S/c1-6-21(23(32)28-24(2,3)4)29(14-16-7-9-17(25)10-8-16)22(31)15-30(35(5,33)34)18-11-12-19(26)20(27)13-18/h7-13,21H,6,14-15H2,1-5H3,(H,28,32)/t21-/m1/s1. The molecule has 0 aliphatic heterocycles. The van der Waals surface area contributed by atoms with Crippen LogP contribution in [-0.4, -0.2) is 49.5 Å². The molecule has 0 aromatic heterocycles. The summed E-state index contributed by atoms with van der Waals surface area (Å²) in [5, 5.41) is 2.81. The van der Waals surface area contributed by atoms with Gasteiger partial charge in [-0.3, -0.25) is 13.9 Å². The average Bonchev–Trinajstić information content (AvgIpc) is 2.73. The zero-order valence-corrected chi connectivity index (χ0v) is 21.1. The van der Waals surface area contributed by atoms with Crippen molar-refractivity contribution in [2.24, 2.45) is 0 Å². The van der Waals surface area contributed by atoms with Crippen molar-refractivity contribution in [2.75, 3.05) is 17.1 Å². The van der Waals surface area contributed by atoms with Crippen molar-refractivity contribution in [3.63, 3.8) is 0 Å². The largest absolute Gasteiger partial charge is 0.350 e. The highest BCUT2D eigenvalue weighted by Gasteiger charge is 2.33. The first-order chi connectivity index (χ1) is 16.1. The summed E-state index contributed by atoms with van der Waals surface area (Å²) < 4.78 is 66.2. The first-order valence-corrected chi connectivity index (χ1v) is 12.8. The zero-order chi connectivity index (χ0) is 26.6. The summed E-state index contributed by atoms with van der Waals surface area (Å²) in [5.74, 6) is -4.13. The molecule has 1 atom stereocenters. The monoisotopic (exact) mass is 513 g/mol. The number of rotatable bonds is 9. The molecule has 11 heteroatoms. The molecule has 0 spiro atoms. The number of halogens is 3. The number of benzene rings is 2. The third kappa shape index (κ3) is 7.98. The van der Waals surface area contributed by atoms with Crippen LogP contribution in [0.4, 0.5) is 18.9 Å². The molecule has 0 saturated heterocycles. The quantitative estimate of drug-likeness (QED) is 0.555. The van der Waals surface area contributed by atoms with Crippen LogP contribution in [-0.2, 0) is 26.2 Å². The third-order valence-electron chi connectivity index (χ3n) is 5.02. The predicted octanol–water partition coefficient (Wildman–Crippen LogP) is 3.59. The summed E-state index contributed by atoms with van der Waals surface area (Å²) in [6.07, 6.45) is 1.04. The van der Waals surface area contributed by atoms with Gasteiger partial charge in [0.1, 0.15) is 18.4 Å². The first-order valence-electron chi connectivity index (χ1n) is 10.9. The maximum absolute atomic E-state index is 13.8. The molecule has 0 unspecified atom stereocenters. The number of sulfonamides is 1. The molecule has 0 heterocycles. The minimum Gasteiger partial charge on any atom is -0.350 e. The van der Waals surface area contributed by atoms with Gasteiger partial charge in [0.05, 0.1) is 11.9 Å². The van der Waals surface area contributed by atoms with Crippen molar-refractivity contribution in [1.29, 1.82) is 0 Å². The Morgan fingerprint density at radius 3 is 2.09 bits per heavy atom. The van der Waals surface area contributed by atoms with E-state index >= 15 is 0 Å². The lowest BCUT2D eigenvalue weighted by Crippen LogP contribution is -2.55. The molecule has 0 saturated carbocycles. The smallest absolute Gasteiger partial charge is 0.244 e. The lowest BCUT2D eigenvalue weighted by Gasteiger charge is -2.34. The number of hydrogen-bond donors (Lipinski definition) is 1. The van der Waals surface area contributed by atoms with Gasteiger partial charge in [-0.2, -0.15) is 0 Å². The fourth-order valence-corrected chi connectivity index (χ4v) is 4.25. The van der Waals surface area contributed by atoms with Gasteiger partial charge in [-0.15, -0.1) is 0 Å². The summed E-state index contributed by atoms with van der Waals surface area (Å²) in [7, 11) is -4.09. The number of anilines is 1. The lowest BCUT2D eigenvalue weighted by atomic mass is 10.1. The lowest BCUT2D eigenvalue weighted by molar-refractivity contribution is -0.141. The van der Waals surface area contributed by atoms with Crippen LogP contribution < -0.4 is 9.62 Å². The predicted molar refractivity (Wildman–Crippen MR) is 127 cm³/mol. The fourth-order valence-electron chi connectivity index (χ4n) is 3.41. The SMILES string of the molecule is CC[C@H](C(=O)NC(C)(C)C)N(Cc1ccc(F)cc1)C(=O)CN(c1ccc(F)c(F)c1)S(C)(=O)=O. The van der Waals surface area contributed by atoms with E-state index in [1.807, 2.05) is 0 Å². The Kier molecular flexibility index (Phi) is 8.94. The Labute approximate surface area is 204 Å². The maximum Gasteiger partial charge on any atom is 0.244 e. The highest BCUT2D eigenvalue weighted by Crippen LogP contribution is 2.22. The molecular formula is C24H30F3N3O4S. The molecule has 2 aromatic carbocycles. The van der Waals surface area contributed by atoms with Gasteiger partial charge in [0.2, 0.25) is 21.8 Å².